The van der Waals surface area contributed by atoms with E-state index >= 15 is 0 Å². The fraction of sp³-hybridized carbons (Fsp3) is 0.111. The summed E-state index contributed by atoms with van der Waals surface area (Å²) < 4.78 is 0. The topological polar surface area (TPSA) is 80.9 Å². The number of aliphatic hydroxyl groups is 2. The van der Waals surface area contributed by atoms with Crippen LogP contribution in [0.4, 0.5) is 0 Å². The maximum atomic E-state index is 10.6. The van der Waals surface area contributed by atoms with E-state index in [-0.39, 0.29) is 24.7 Å². The number of hydrogen-bond acceptors (Lipinski definition) is 4. The number of phenols is 2. The van der Waals surface area contributed by atoms with E-state index in [0.717, 1.165) is 22.3 Å². The van der Waals surface area contributed by atoms with Crippen LogP contribution in [-0.4, -0.2) is 20.4 Å². The summed E-state index contributed by atoms with van der Waals surface area (Å²) in [7, 11) is 0. The van der Waals surface area contributed by atoms with Crippen LogP contribution in [0.1, 0.15) is 22.3 Å². The molecule has 0 aliphatic carbocycles. The molecule has 0 aliphatic heterocycles. The first kappa shape index (κ1) is 20.7. The molecule has 0 aromatic heterocycles. The lowest BCUT2D eigenvalue weighted by Gasteiger charge is -2.15. The summed E-state index contributed by atoms with van der Waals surface area (Å²) >= 11 is 0. The number of benzene rings is 4. The van der Waals surface area contributed by atoms with Crippen molar-refractivity contribution in [3.8, 4) is 33.8 Å². The normalized spacial score (nSPS) is 10.9. The third-order valence-corrected chi connectivity index (χ3v) is 5.42. The predicted molar refractivity (Wildman–Crippen MR) is 122 cm³/mol. The zero-order valence-electron chi connectivity index (χ0n) is 17.0. The van der Waals surface area contributed by atoms with Gasteiger partial charge in [-0.05, 0) is 52.9 Å². The van der Waals surface area contributed by atoms with E-state index in [1.54, 1.807) is 12.1 Å². The van der Waals surface area contributed by atoms with E-state index < -0.39 is 0 Å². The predicted octanol–water partition coefficient (Wildman–Crippen LogP) is 5.01. The zero-order valence-corrected chi connectivity index (χ0v) is 17.0. The molecule has 4 N–H and O–H groups in total. The van der Waals surface area contributed by atoms with E-state index in [9.17, 15) is 20.4 Å². The fourth-order valence-electron chi connectivity index (χ4n) is 3.88. The van der Waals surface area contributed by atoms with E-state index in [2.05, 4.69) is 0 Å². The molecule has 0 amide bonds. The molecule has 0 bridgehead atoms. The summed E-state index contributed by atoms with van der Waals surface area (Å²) in [6.45, 7) is -0.543. The second kappa shape index (κ2) is 9.04. The van der Waals surface area contributed by atoms with Crippen LogP contribution in [0, 0.1) is 0 Å². The lowest BCUT2D eigenvalue weighted by Crippen LogP contribution is -1.97. The Morgan fingerprint density at radius 2 is 0.903 bits per heavy atom. The second-order valence-corrected chi connectivity index (χ2v) is 7.53. The lowest BCUT2D eigenvalue weighted by molar-refractivity contribution is 0.275. The molecule has 0 fully saturated rings. The Morgan fingerprint density at radius 3 is 1.26 bits per heavy atom. The molecule has 4 aromatic rings. The molecular formula is C27H24O4. The summed E-state index contributed by atoms with van der Waals surface area (Å²) in [5.74, 6) is 0.147. The maximum Gasteiger partial charge on any atom is 0.128 e. The van der Waals surface area contributed by atoms with Gasteiger partial charge >= 0.3 is 0 Å². The van der Waals surface area contributed by atoms with E-state index in [1.165, 1.54) is 0 Å². The van der Waals surface area contributed by atoms with Crippen LogP contribution in [0.25, 0.3) is 22.3 Å². The van der Waals surface area contributed by atoms with Crippen molar-refractivity contribution in [1.29, 1.82) is 0 Å². The van der Waals surface area contributed by atoms with Crippen molar-refractivity contribution in [1.82, 2.24) is 0 Å². The van der Waals surface area contributed by atoms with Crippen molar-refractivity contribution in [2.24, 2.45) is 0 Å². The molecule has 0 unspecified atom stereocenters. The first-order valence-corrected chi connectivity index (χ1v) is 10.1. The van der Waals surface area contributed by atoms with Gasteiger partial charge in [0.1, 0.15) is 11.5 Å². The van der Waals surface area contributed by atoms with Crippen molar-refractivity contribution in [3.05, 3.63) is 107 Å². The van der Waals surface area contributed by atoms with E-state index in [0.29, 0.717) is 28.7 Å². The average Bonchev–Trinajstić information content (AvgIpc) is 2.82. The molecule has 0 aliphatic rings. The third kappa shape index (κ3) is 4.31. The molecule has 0 saturated heterocycles. The molecule has 0 heterocycles. The summed E-state index contributed by atoms with van der Waals surface area (Å²) in [5.41, 5.74) is 5.79. The number of rotatable bonds is 6. The minimum atomic E-state index is -0.272. The molecule has 0 atom stereocenters. The van der Waals surface area contributed by atoms with Gasteiger partial charge in [0.15, 0.2) is 0 Å². The monoisotopic (exact) mass is 412 g/mol. The maximum absolute atomic E-state index is 10.6. The van der Waals surface area contributed by atoms with Gasteiger partial charge in [0, 0.05) is 22.3 Å². The second-order valence-electron chi connectivity index (χ2n) is 7.53. The van der Waals surface area contributed by atoms with Gasteiger partial charge in [-0.25, -0.2) is 0 Å². The average molecular weight is 412 g/mol. The van der Waals surface area contributed by atoms with Crippen LogP contribution in [0.15, 0.2) is 84.9 Å². The van der Waals surface area contributed by atoms with Gasteiger partial charge in [-0.2, -0.15) is 0 Å². The quantitative estimate of drug-likeness (QED) is 0.359. The molecule has 31 heavy (non-hydrogen) atoms. The highest BCUT2D eigenvalue weighted by Gasteiger charge is 2.15. The summed E-state index contributed by atoms with van der Waals surface area (Å²) in [6.07, 6.45) is 0.514. The largest absolute Gasteiger partial charge is 0.507 e. The van der Waals surface area contributed by atoms with Crippen molar-refractivity contribution < 1.29 is 20.4 Å². The van der Waals surface area contributed by atoms with Gasteiger partial charge in [-0.15, -0.1) is 0 Å². The van der Waals surface area contributed by atoms with Gasteiger partial charge in [0.2, 0.25) is 0 Å². The Morgan fingerprint density at radius 1 is 0.516 bits per heavy atom. The Hall–Kier alpha value is -3.60. The summed E-state index contributed by atoms with van der Waals surface area (Å²) in [6, 6.07) is 26.5. The minimum Gasteiger partial charge on any atom is -0.507 e. The van der Waals surface area contributed by atoms with Crippen LogP contribution < -0.4 is 0 Å². The number of hydrogen-bond donors (Lipinski definition) is 4. The SMILES string of the molecule is OCc1cc(Cc2cc(CO)c(O)c(-c3ccccc3)c2)cc(-c2ccccc2)c1O. The van der Waals surface area contributed by atoms with Gasteiger partial charge < -0.3 is 20.4 Å². The molecule has 0 spiro atoms. The van der Waals surface area contributed by atoms with Crippen LogP contribution >= 0.6 is 0 Å². The summed E-state index contributed by atoms with van der Waals surface area (Å²) in [5, 5.41) is 40.8. The minimum absolute atomic E-state index is 0.0733. The molecule has 4 aromatic carbocycles. The molecule has 4 nitrogen and oxygen atoms in total. The Labute approximate surface area is 181 Å². The highest BCUT2D eigenvalue weighted by molar-refractivity contribution is 5.74. The zero-order chi connectivity index (χ0) is 21.8. The Balaban J connectivity index is 1.79. The third-order valence-electron chi connectivity index (χ3n) is 5.42. The van der Waals surface area contributed by atoms with Gasteiger partial charge in [-0.1, -0.05) is 60.7 Å². The Bertz CT molecular complexity index is 1090. The van der Waals surface area contributed by atoms with Gasteiger partial charge in [-0.3, -0.25) is 0 Å². The molecule has 156 valence electrons. The van der Waals surface area contributed by atoms with Crippen LogP contribution in [0.2, 0.25) is 0 Å². The van der Waals surface area contributed by atoms with Gasteiger partial charge in [0.05, 0.1) is 13.2 Å². The smallest absolute Gasteiger partial charge is 0.128 e. The first-order chi connectivity index (χ1) is 15.1. The fourth-order valence-corrected chi connectivity index (χ4v) is 3.88. The molecule has 4 rings (SSSR count). The van der Waals surface area contributed by atoms with Crippen molar-refractivity contribution >= 4 is 0 Å². The standard InChI is InChI=1S/C27H24O4/c28-16-22-12-18(14-24(26(22)30)20-7-3-1-4-8-20)11-19-13-23(17-29)27(31)25(15-19)21-9-5-2-6-10-21/h1-10,12-15,28-31H,11,16-17H2. The van der Waals surface area contributed by atoms with Gasteiger partial charge in [0.25, 0.3) is 0 Å². The highest BCUT2D eigenvalue weighted by Crippen LogP contribution is 2.37. The van der Waals surface area contributed by atoms with Crippen LogP contribution in [-0.2, 0) is 19.6 Å². The molecule has 4 heteroatoms. The van der Waals surface area contributed by atoms with Crippen molar-refractivity contribution in [2.45, 2.75) is 19.6 Å². The van der Waals surface area contributed by atoms with Crippen molar-refractivity contribution in [2.75, 3.05) is 0 Å². The van der Waals surface area contributed by atoms with Crippen molar-refractivity contribution in [3.63, 3.8) is 0 Å². The number of aromatic hydroxyl groups is 2. The number of aliphatic hydroxyl groups excluding tert-OH is 2. The Kier molecular flexibility index (Phi) is 6.03. The molecule has 0 radical (unpaired) electrons. The van der Waals surface area contributed by atoms with Crippen LogP contribution in [0.3, 0.4) is 0 Å². The lowest BCUT2D eigenvalue weighted by atomic mass is 9.92. The first-order valence-electron chi connectivity index (χ1n) is 10.1. The molecule has 0 saturated carbocycles. The van der Waals surface area contributed by atoms with E-state index in [1.807, 2.05) is 72.8 Å². The van der Waals surface area contributed by atoms with Crippen LogP contribution in [0.5, 0.6) is 11.5 Å². The summed E-state index contributed by atoms with van der Waals surface area (Å²) in [4.78, 5) is 0. The highest BCUT2D eigenvalue weighted by atomic mass is 16.3. The van der Waals surface area contributed by atoms with E-state index in [4.69, 9.17) is 0 Å². The molecular weight excluding hydrogens is 388 g/mol.